The topological polar surface area (TPSA) is 114 Å². The molecule has 1 N–H and O–H groups in total. The standard InChI is InChI=1S/C23H16FN3O5/c24-17-7-3-16(4-8-17)21(28)19-20(15-5-9-18(10-6-15)27(31)32)26(23(30)22(19)29)13-14-2-1-11-25-12-14/h1-12,20,28H,13H2/t20-/m0/s1. The van der Waals surface area contributed by atoms with Gasteiger partial charge in [0.1, 0.15) is 11.6 Å². The molecular formula is C23H16FN3O5. The Morgan fingerprint density at radius 2 is 1.78 bits per heavy atom. The number of carbonyl (C=O) groups is 2. The van der Waals surface area contributed by atoms with Crippen LogP contribution in [0.4, 0.5) is 10.1 Å². The first-order valence-electron chi connectivity index (χ1n) is 9.54. The molecule has 32 heavy (non-hydrogen) atoms. The molecule has 160 valence electrons. The molecule has 4 rings (SSSR count). The van der Waals surface area contributed by atoms with Crippen LogP contribution in [0.2, 0.25) is 0 Å². The number of non-ortho nitro benzene ring substituents is 1. The average molecular weight is 433 g/mol. The van der Waals surface area contributed by atoms with Crippen LogP contribution in [0.15, 0.2) is 78.6 Å². The van der Waals surface area contributed by atoms with Crippen LogP contribution >= 0.6 is 0 Å². The summed E-state index contributed by atoms with van der Waals surface area (Å²) < 4.78 is 13.3. The first-order chi connectivity index (χ1) is 15.4. The first kappa shape index (κ1) is 20.9. The number of hydrogen-bond donors (Lipinski definition) is 1. The van der Waals surface area contributed by atoms with Crippen LogP contribution in [-0.4, -0.2) is 31.6 Å². The summed E-state index contributed by atoms with van der Waals surface area (Å²) in [6.07, 6.45) is 3.12. The number of aliphatic hydroxyl groups is 1. The Morgan fingerprint density at radius 1 is 1.09 bits per heavy atom. The zero-order chi connectivity index (χ0) is 22.8. The van der Waals surface area contributed by atoms with Gasteiger partial charge in [-0.15, -0.1) is 0 Å². The highest BCUT2D eigenvalue weighted by atomic mass is 19.1. The zero-order valence-electron chi connectivity index (χ0n) is 16.5. The molecular weight excluding hydrogens is 417 g/mol. The number of Topliss-reactive ketones (excluding diaryl/α,β-unsaturated/α-hetero) is 1. The maximum atomic E-state index is 13.3. The summed E-state index contributed by atoms with van der Waals surface area (Å²) in [6.45, 7) is 0.0280. The molecule has 2 aromatic carbocycles. The van der Waals surface area contributed by atoms with Gasteiger partial charge in [0, 0.05) is 36.6 Å². The summed E-state index contributed by atoms with van der Waals surface area (Å²) in [6, 6.07) is 12.7. The lowest BCUT2D eigenvalue weighted by atomic mass is 9.95. The molecule has 1 amide bonds. The second-order valence-electron chi connectivity index (χ2n) is 7.14. The molecule has 3 aromatic rings. The first-order valence-corrected chi connectivity index (χ1v) is 9.54. The number of nitrogens with zero attached hydrogens (tertiary/aromatic N) is 3. The van der Waals surface area contributed by atoms with Gasteiger partial charge in [-0.05, 0) is 53.6 Å². The normalized spacial score (nSPS) is 17.5. The fraction of sp³-hybridized carbons (Fsp3) is 0.0870. The van der Waals surface area contributed by atoms with Gasteiger partial charge in [-0.1, -0.05) is 6.07 Å². The van der Waals surface area contributed by atoms with Crippen molar-refractivity contribution in [3.8, 4) is 0 Å². The van der Waals surface area contributed by atoms with E-state index in [-0.39, 0.29) is 23.4 Å². The smallest absolute Gasteiger partial charge is 0.295 e. The molecule has 0 unspecified atom stereocenters. The molecule has 1 aliphatic heterocycles. The zero-order valence-corrected chi connectivity index (χ0v) is 16.5. The van der Waals surface area contributed by atoms with Crippen molar-refractivity contribution < 1.29 is 24.0 Å². The number of aliphatic hydroxyl groups excluding tert-OH is 1. The average Bonchev–Trinajstić information content (AvgIpc) is 3.05. The maximum Gasteiger partial charge on any atom is 0.295 e. The Kier molecular flexibility index (Phi) is 5.46. The quantitative estimate of drug-likeness (QED) is 0.216. The van der Waals surface area contributed by atoms with Crippen molar-refractivity contribution in [1.82, 2.24) is 9.88 Å². The molecule has 0 radical (unpaired) electrons. The van der Waals surface area contributed by atoms with E-state index in [1.54, 1.807) is 24.5 Å². The number of pyridine rings is 1. The summed E-state index contributed by atoms with van der Waals surface area (Å²) in [5.74, 6) is -2.72. The van der Waals surface area contributed by atoms with Crippen molar-refractivity contribution in [3.63, 3.8) is 0 Å². The molecule has 1 aromatic heterocycles. The van der Waals surface area contributed by atoms with Crippen LogP contribution in [0, 0.1) is 15.9 Å². The lowest BCUT2D eigenvalue weighted by molar-refractivity contribution is -0.384. The largest absolute Gasteiger partial charge is 0.507 e. The lowest BCUT2D eigenvalue weighted by Crippen LogP contribution is -2.29. The van der Waals surface area contributed by atoms with Gasteiger partial charge >= 0.3 is 0 Å². The van der Waals surface area contributed by atoms with E-state index in [1.807, 2.05) is 0 Å². The fourth-order valence-electron chi connectivity index (χ4n) is 3.62. The van der Waals surface area contributed by atoms with Crippen molar-refractivity contribution in [2.24, 2.45) is 0 Å². The minimum absolute atomic E-state index is 0.0280. The van der Waals surface area contributed by atoms with Gasteiger partial charge in [-0.2, -0.15) is 0 Å². The molecule has 0 bridgehead atoms. The SMILES string of the molecule is O=C1C(=O)N(Cc2cccnc2)[C@@H](c2ccc([N+](=O)[O-])cc2)C1=C(O)c1ccc(F)cc1. The fourth-order valence-corrected chi connectivity index (χ4v) is 3.62. The monoisotopic (exact) mass is 433 g/mol. The van der Waals surface area contributed by atoms with E-state index in [1.165, 1.54) is 41.3 Å². The summed E-state index contributed by atoms with van der Waals surface area (Å²) >= 11 is 0. The molecule has 0 aliphatic carbocycles. The van der Waals surface area contributed by atoms with Crippen molar-refractivity contribution in [3.05, 3.63) is 111 Å². The van der Waals surface area contributed by atoms with Crippen molar-refractivity contribution in [2.75, 3.05) is 0 Å². The predicted octanol–water partition coefficient (Wildman–Crippen LogP) is 3.75. The van der Waals surface area contributed by atoms with E-state index < -0.39 is 34.2 Å². The van der Waals surface area contributed by atoms with Crippen LogP contribution in [0.1, 0.15) is 22.7 Å². The van der Waals surface area contributed by atoms with E-state index in [2.05, 4.69) is 4.98 Å². The third kappa shape index (κ3) is 3.83. The van der Waals surface area contributed by atoms with Gasteiger partial charge in [-0.3, -0.25) is 24.7 Å². The number of hydrogen-bond acceptors (Lipinski definition) is 6. The van der Waals surface area contributed by atoms with Crippen LogP contribution in [0.25, 0.3) is 5.76 Å². The number of nitro benzene ring substituents is 1. The third-order valence-electron chi connectivity index (χ3n) is 5.15. The molecule has 9 heteroatoms. The number of nitro groups is 1. The van der Waals surface area contributed by atoms with E-state index in [0.29, 0.717) is 11.1 Å². The van der Waals surface area contributed by atoms with Crippen molar-refractivity contribution in [2.45, 2.75) is 12.6 Å². The molecule has 1 fully saturated rings. The predicted molar refractivity (Wildman–Crippen MR) is 112 cm³/mol. The highest BCUT2D eigenvalue weighted by molar-refractivity contribution is 6.46. The van der Waals surface area contributed by atoms with E-state index in [9.17, 15) is 29.2 Å². The number of carbonyl (C=O) groups excluding carboxylic acids is 2. The Morgan fingerprint density at radius 3 is 2.38 bits per heavy atom. The number of benzene rings is 2. The highest BCUT2D eigenvalue weighted by Crippen LogP contribution is 2.40. The minimum atomic E-state index is -0.999. The van der Waals surface area contributed by atoms with Gasteiger partial charge in [0.25, 0.3) is 17.4 Å². The number of aromatic nitrogens is 1. The maximum absolute atomic E-state index is 13.3. The van der Waals surface area contributed by atoms with E-state index >= 15 is 0 Å². The summed E-state index contributed by atoms with van der Waals surface area (Å²) in [5.41, 5.74) is 0.888. The Labute approximate surface area is 181 Å². The van der Waals surface area contributed by atoms with Crippen LogP contribution < -0.4 is 0 Å². The van der Waals surface area contributed by atoms with E-state index in [4.69, 9.17) is 0 Å². The molecule has 1 aliphatic rings. The van der Waals surface area contributed by atoms with Crippen LogP contribution in [0.5, 0.6) is 0 Å². The van der Waals surface area contributed by atoms with E-state index in [0.717, 1.165) is 12.1 Å². The summed E-state index contributed by atoms with van der Waals surface area (Å²) in [5, 5.41) is 21.9. The minimum Gasteiger partial charge on any atom is -0.507 e. The number of likely N-dealkylation sites (tertiary alicyclic amines) is 1. The Balaban J connectivity index is 1.85. The van der Waals surface area contributed by atoms with Crippen LogP contribution in [-0.2, 0) is 16.1 Å². The van der Waals surface area contributed by atoms with Crippen molar-refractivity contribution >= 4 is 23.1 Å². The second kappa shape index (κ2) is 8.38. The lowest BCUT2D eigenvalue weighted by Gasteiger charge is -2.25. The Bertz CT molecular complexity index is 1220. The second-order valence-corrected chi connectivity index (χ2v) is 7.14. The molecule has 8 nitrogen and oxygen atoms in total. The van der Waals surface area contributed by atoms with Crippen LogP contribution in [0.3, 0.4) is 0 Å². The van der Waals surface area contributed by atoms with Gasteiger partial charge < -0.3 is 10.0 Å². The van der Waals surface area contributed by atoms with Crippen molar-refractivity contribution in [1.29, 1.82) is 0 Å². The number of rotatable bonds is 5. The van der Waals surface area contributed by atoms with Gasteiger partial charge in [0.15, 0.2) is 0 Å². The number of halogens is 1. The molecule has 0 saturated carbocycles. The van der Waals surface area contributed by atoms with Gasteiger partial charge in [-0.25, -0.2) is 4.39 Å². The number of amides is 1. The molecule has 2 heterocycles. The van der Waals surface area contributed by atoms with Gasteiger partial charge in [0.05, 0.1) is 16.5 Å². The Hall–Kier alpha value is -4.40. The molecule has 0 spiro atoms. The molecule has 1 atom stereocenters. The summed E-state index contributed by atoms with van der Waals surface area (Å²) in [7, 11) is 0. The summed E-state index contributed by atoms with van der Waals surface area (Å²) in [4.78, 5) is 41.6. The van der Waals surface area contributed by atoms with Gasteiger partial charge in [0.2, 0.25) is 0 Å². The third-order valence-corrected chi connectivity index (χ3v) is 5.15. The highest BCUT2D eigenvalue weighted by Gasteiger charge is 2.46. The molecule has 1 saturated heterocycles. The number of ketones is 1.